The SMILES string of the molecule is CCN(Cc1cccc(C)n1)C(C)C(=N)N. The molecule has 88 valence electrons. The van der Waals surface area contributed by atoms with Crippen molar-refractivity contribution < 1.29 is 0 Å². The van der Waals surface area contributed by atoms with Crippen LogP contribution in [0.4, 0.5) is 0 Å². The van der Waals surface area contributed by atoms with Gasteiger partial charge >= 0.3 is 0 Å². The van der Waals surface area contributed by atoms with Gasteiger partial charge in [0.1, 0.15) is 5.84 Å². The number of hydrogen-bond acceptors (Lipinski definition) is 3. The minimum Gasteiger partial charge on any atom is -0.386 e. The van der Waals surface area contributed by atoms with Crippen molar-refractivity contribution in [2.45, 2.75) is 33.4 Å². The first kappa shape index (κ1) is 12.6. The molecule has 4 nitrogen and oxygen atoms in total. The molecule has 16 heavy (non-hydrogen) atoms. The molecule has 1 atom stereocenters. The minimum absolute atomic E-state index is 0.0349. The second-order valence-corrected chi connectivity index (χ2v) is 3.96. The van der Waals surface area contributed by atoms with Crippen molar-refractivity contribution in [3.63, 3.8) is 0 Å². The first-order valence-corrected chi connectivity index (χ1v) is 5.55. The second kappa shape index (κ2) is 5.61. The molecule has 3 N–H and O–H groups in total. The van der Waals surface area contributed by atoms with Gasteiger partial charge in [-0.3, -0.25) is 15.3 Å². The number of likely N-dealkylation sites (N-methyl/N-ethyl adjacent to an activating group) is 1. The summed E-state index contributed by atoms with van der Waals surface area (Å²) in [4.78, 5) is 6.58. The molecular formula is C12H20N4. The van der Waals surface area contributed by atoms with Gasteiger partial charge in [-0.15, -0.1) is 0 Å². The summed E-state index contributed by atoms with van der Waals surface area (Å²) in [5, 5.41) is 7.46. The number of nitrogens with two attached hydrogens (primary N) is 1. The van der Waals surface area contributed by atoms with Crippen molar-refractivity contribution >= 4 is 5.84 Å². The monoisotopic (exact) mass is 220 g/mol. The lowest BCUT2D eigenvalue weighted by molar-refractivity contribution is 0.253. The molecule has 0 fully saturated rings. The Labute approximate surface area is 97.0 Å². The standard InChI is InChI=1S/C12H20N4/c1-4-16(10(3)12(13)14)8-11-7-5-6-9(2)15-11/h5-7,10H,4,8H2,1-3H3,(H3,13,14). The first-order valence-electron chi connectivity index (χ1n) is 5.55. The van der Waals surface area contributed by atoms with Crippen LogP contribution in [0.15, 0.2) is 18.2 Å². The lowest BCUT2D eigenvalue weighted by Gasteiger charge is -2.26. The Balaban J connectivity index is 2.74. The number of nitrogens with one attached hydrogen (secondary N) is 1. The highest BCUT2D eigenvalue weighted by atomic mass is 15.2. The Morgan fingerprint density at radius 1 is 1.56 bits per heavy atom. The number of rotatable bonds is 5. The third-order valence-electron chi connectivity index (χ3n) is 2.72. The summed E-state index contributed by atoms with van der Waals surface area (Å²) in [5.74, 6) is 0.203. The highest BCUT2D eigenvalue weighted by Crippen LogP contribution is 2.06. The molecule has 0 bridgehead atoms. The first-order chi connectivity index (χ1) is 7.54. The second-order valence-electron chi connectivity index (χ2n) is 3.96. The van der Waals surface area contributed by atoms with E-state index in [9.17, 15) is 0 Å². The Hall–Kier alpha value is -1.42. The molecule has 1 heterocycles. The van der Waals surface area contributed by atoms with Gasteiger partial charge in [0, 0.05) is 12.2 Å². The summed E-state index contributed by atoms with van der Waals surface area (Å²) in [6.07, 6.45) is 0. The van der Waals surface area contributed by atoms with Gasteiger partial charge in [0.05, 0.1) is 11.7 Å². The predicted octanol–water partition coefficient (Wildman–Crippen LogP) is 1.54. The van der Waals surface area contributed by atoms with E-state index in [4.69, 9.17) is 11.1 Å². The topological polar surface area (TPSA) is 66.0 Å². The number of aromatic nitrogens is 1. The summed E-state index contributed by atoms with van der Waals surface area (Å²) in [6, 6.07) is 5.95. The van der Waals surface area contributed by atoms with Crippen molar-refractivity contribution in [2.24, 2.45) is 5.73 Å². The molecular weight excluding hydrogens is 200 g/mol. The molecule has 0 spiro atoms. The normalized spacial score (nSPS) is 12.8. The zero-order valence-electron chi connectivity index (χ0n) is 10.2. The number of pyridine rings is 1. The van der Waals surface area contributed by atoms with E-state index in [1.807, 2.05) is 32.0 Å². The molecule has 0 saturated heterocycles. The fourth-order valence-electron chi connectivity index (χ4n) is 1.61. The van der Waals surface area contributed by atoms with Gasteiger partial charge in [-0.2, -0.15) is 0 Å². The van der Waals surface area contributed by atoms with Crippen LogP contribution in [-0.4, -0.2) is 28.3 Å². The van der Waals surface area contributed by atoms with Crippen molar-refractivity contribution in [3.8, 4) is 0 Å². The van der Waals surface area contributed by atoms with Crippen molar-refractivity contribution in [3.05, 3.63) is 29.6 Å². The van der Waals surface area contributed by atoms with Gasteiger partial charge in [-0.1, -0.05) is 13.0 Å². The number of amidine groups is 1. The fourth-order valence-corrected chi connectivity index (χ4v) is 1.61. The number of hydrogen-bond donors (Lipinski definition) is 2. The van der Waals surface area contributed by atoms with Crippen LogP contribution in [0.3, 0.4) is 0 Å². The van der Waals surface area contributed by atoms with Crippen LogP contribution in [-0.2, 0) is 6.54 Å². The Morgan fingerprint density at radius 3 is 2.75 bits per heavy atom. The molecule has 0 aliphatic heterocycles. The van der Waals surface area contributed by atoms with Gasteiger partial charge in [0.15, 0.2) is 0 Å². The van der Waals surface area contributed by atoms with Crippen LogP contribution in [0.2, 0.25) is 0 Å². The van der Waals surface area contributed by atoms with Crippen LogP contribution in [0.25, 0.3) is 0 Å². The molecule has 1 rings (SSSR count). The fraction of sp³-hybridized carbons (Fsp3) is 0.500. The van der Waals surface area contributed by atoms with E-state index in [0.29, 0.717) is 0 Å². The largest absolute Gasteiger partial charge is 0.386 e. The minimum atomic E-state index is -0.0349. The number of aryl methyl sites for hydroxylation is 1. The van der Waals surface area contributed by atoms with E-state index in [0.717, 1.165) is 24.5 Å². The van der Waals surface area contributed by atoms with Crippen LogP contribution in [0.5, 0.6) is 0 Å². The molecule has 1 aromatic rings. The van der Waals surface area contributed by atoms with E-state index in [1.54, 1.807) is 0 Å². The summed E-state index contributed by atoms with van der Waals surface area (Å²) >= 11 is 0. The molecule has 1 aromatic heterocycles. The smallest absolute Gasteiger partial charge is 0.108 e. The highest BCUT2D eigenvalue weighted by molar-refractivity contribution is 5.82. The molecule has 1 unspecified atom stereocenters. The van der Waals surface area contributed by atoms with E-state index in [2.05, 4.69) is 16.8 Å². The Kier molecular flexibility index (Phi) is 4.43. The van der Waals surface area contributed by atoms with Crippen molar-refractivity contribution in [1.82, 2.24) is 9.88 Å². The molecule has 0 saturated carbocycles. The molecule has 0 radical (unpaired) electrons. The quantitative estimate of drug-likeness (QED) is 0.584. The van der Waals surface area contributed by atoms with Crippen LogP contribution in [0.1, 0.15) is 25.2 Å². The maximum atomic E-state index is 7.46. The zero-order chi connectivity index (χ0) is 12.1. The molecule has 0 amide bonds. The molecule has 0 aliphatic carbocycles. The van der Waals surface area contributed by atoms with E-state index in [-0.39, 0.29) is 11.9 Å². The number of nitrogens with zero attached hydrogens (tertiary/aromatic N) is 2. The average molecular weight is 220 g/mol. The summed E-state index contributed by atoms with van der Waals surface area (Å²) < 4.78 is 0. The van der Waals surface area contributed by atoms with Gasteiger partial charge in [0.25, 0.3) is 0 Å². The lowest BCUT2D eigenvalue weighted by Crippen LogP contribution is -2.41. The molecule has 0 aliphatic rings. The molecule has 4 heteroatoms. The zero-order valence-corrected chi connectivity index (χ0v) is 10.2. The third kappa shape index (κ3) is 3.31. The van der Waals surface area contributed by atoms with Crippen LogP contribution in [0, 0.1) is 12.3 Å². The lowest BCUT2D eigenvalue weighted by atomic mass is 10.2. The maximum Gasteiger partial charge on any atom is 0.108 e. The van der Waals surface area contributed by atoms with E-state index >= 15 is 0 Å². The van der Waals surface area contributed by atoms with Gasteiger partial charge < -0.3 is 5.73 Å². The van der Waals surface area contributed by atoms with Gasteiger partial charge in [-0.25, -0.2) is 0 Å². The predicted molar refractivity (Wildman–Crippen MR) is 66.4 cm³/mol. The Bertz CT molecular complexity index is 362. The third-order valence-corrected chi connectivity index (χ3v) is 2.72. The summed E-state index contributed by atoms with van der Waals surface area (Å²) in [7, 11) is 0. The van der Waals surface area contributed by atoms with Crippen molar-refractivity contribution in [2.75, 3.05) is 6.54 Å². The van der Waals surface area contributed by atoms with Crippen LogP contribution < -0.4 is 5.73 Å². The van der Waals surface area contributed by atoms with Crippen LogP contribution >= 0.6 is 0 Å². The summed E-state index contributed by atoms with van der Waals surface area (Å²) in [6.45, 7) is 7.58. The van der Waals surface area contributed by atoms with Gasteiger partial charge in [0.2, 0.25) is 0 Å². The van der Waals surface area contributed by atoms with E-state index in [1.165, 1.54) is 0 Å². The van der Waals surface area contributed by atoms with Gasteiger partial charge in [-0.05, 0) is 32.5 Å². The molecule has 0 aromatic carbocycles. The maximum absolute atomic E-state index is 7.46. The average Bonchev–Trinajstić information content (AvgIpc) is 2.25. The highest BCUT2D eigenvalue weighted by Gasteiger charge is 2.15. The summed E-state index contributed by atoms with van der Waals surface area (Å²) in [5.41, 5.74) is 7.56. The Morgan fingerprint density at radius 2 is 2.25 bits per heavy atom. The van der Waals surface area contributed by atoms with Crippen molar-refractivity contribution in [1.29, 1.82) is 5.41 Å². The van der Waals surface area contributed by atoms with E-state index < -0.39 is 0 Å².